The van der Waals surface area contributed by atoms with Gasteiger partial charge in [0, 0.05) is 38.2 Å². The Morgan fingerprint density at radius 2 is 0.958 bits per heavy atom. The summed E-state index contributed by atoms with van der Waals surface area (Å²) in [5.41, 5.74) is 11.2. The van der Waals surface area contributed by atoms with Crippen LogP contribution in [-0.2, 0) is 0 Å². The fourth-order valence-corrected chi connectivity index (χ4v) is 7.01. The molecule has 0 saturated heterocycles. The van der Waals surface area contributed by atoms with E-state index in [4.69, 9.17) is 18.8 Å². The van der Waals surface area contributed by atoms with Crippen molar-refractivity contribution < 1.29 is 8.83 Å². The van der Waals surface area contributed by atoms with Crippen molar-refractivity contribution in [3.05, 3.63) is 158 Å². The predicted molar refractivity (Wildman–Crippen MR) is 196 cm³/mol. The largest absolute Gasteiger partial charge is 0.455 e. The second-order valence-electron chi connectivity index (χ2n) is 12.1. The Morgan fingerprint density at radius 1 is 0.354 bits per heavy atom. The summed E-state index contributed by atoms with van der Waals surface area (Å²) in [6.45, 7) is 0. The van der Waals surface area contributed by atoms with Crippen molar-refractivity contribution in [2.24, 2.45) is 0 Å². The van der Waals surface area contributed by atoms with E-state index in [0.29, 0.717) is 11.4 Å². The van der Waals surface area contributed by atoms with Gasteiger partial charge >= 0.3 is 0 Å². The Morgan fingerprint density at radius 3 is 1.75 bits per heavy atom. The van der Waals surface area contributed by atoms with Gasteiger partial charge in [0.05, 0.1) is 0 Å². The first-order valence-electron chi connectivity index (χ1n) is 16.1. The van der Waals surface area contributed by atoms with Gasteiger partial charge in [0.25, 0.3) is 0 Å². The molecule has 4 heteroatoms. The van der Waals surface area contributed by atoms with Crippen LogP contribution in [0, 0.1) is 0 Å². The van der Waals surface area contributed by atoms with Crippen LogP contribution in [0.25, 0.3) is 99.7 Å². The molecule has 0 aliphatic heterocycles. The van der Waals surface area contributed by atoms with Crippen LogP contribution >= 0.6 is 0 Å². The third-order valence-electron chi connectivity index (χ3n) is 9.31. The Balaban J connectivity index is 1.26. The molecule has 0 amide bonds. The number of rotatable bonds is 4. The van der Waals surface area contributed by atoms with Crippen LogP contribution in [0.4, 0.5) is 0 Å². The van der Waals surface area contributed by atoms with Gasteiger partial charge in [0.1, 0.15) is 28.0 Å². The molecule has 4 nitrogen and oxygen atoms in total. The van der Waals surface area contributed by atoms with Crippen LogP contribution in [0.15, 0.2) is 167 Å². The lowest BCUT2D eigenvalue weighted by Crippen LogP contribution is -1.95. The van der Waals surface area contributed by atoms with Crippen molar-refractivity contribution in [1.29, 1.82) is 0 Å². The Kier molecular flexibility index (Phi) is 5.84. The molecule has 0 fully saturated rings. The summed E-state index contributed by atoms with van der Waals surface area (Å²) in [4.78, 5) is 10.4. The van der Waals surface area contributed by atoms with Gasteiger partial charge in [-0.25, -0.2) is 9.97 Å². The molecular formula is C44H26N2O2. The average Bonchev–Trinajstić information content (AvgIpc) is 3.74. The van der Waals surface area contributed by atoms with E-state index in [0.717, 1.165) is 82.7 Å². The summed E-state index contributed by atoms with van der Waals surface area (Å²) in [5, 5.41) is 5.12. The number of fused-ring (bicyclic) bond motifs is 8. The van der Waals surface area contributed by atoms with Gasteiger partial charge in [-0.15, -0.1) is 0 Å². The summed E-state index contributed by atoms with van der Waals surface area (Å²) in [6.07, 6.45) is 0. The number of furan rings is 2. The number of hydrogen-bond acceptors (Lipinski definition) is 4. The maximum atomic E-state index is 6.76. The Bertz CT molecular complexity index is 2810. The number of nitrogens with zero attached hydrogens (tertiary/aromatic N) is 2. The maximum absolute atomic E-state index is 6.76. The first kappa shape index (κ1) is 26.7. The summed E-state index contributed by atoms with van der Waals surface area (Å²) < 4.78 is 13.3. The maximum Gasteiger partial charge on any atom is 0.180 e. The summed E-state index contributed by atoms with van der Waals surface area (Å²) >= 11 is 0. The number of aromatic nitrogens is 2. The van der Waals surface area contributed by atoms with Crippen molar-refractivity contribution in [3.8, 4) is 44.9 Å². The van der Waals surface area contributed by atoms with Crippen LogP contribution < -0.4 is 0 Å². The molecule has 10 rings (SSSR count). The molecule has 0 N–H and O–H groups in total. The lowest BCUT2D eigenvalue weighted by atomic mass is 9.96. The number of para-hydroxylation sites is 2. The normalized spacial score (nSPS) is 11.8. The second kappa shape index (κ2) is 10.5. The summed E-state index contributed by atoms with van der Waals surface area (Å²) in [7, 11) is 0. The molecule has 10 aromatic rings. The number of benzene rings is 7. The summed E-state index contributed by atoms with van der Waals surface area (Å²) in [6, 6.07) is 54.3. The molecule has 0 atom stereocenters. The second-order valence-corrected chi connectivity index (χ2v) is 12.1. The van der Waals surface area contributed by atoms with Crippen molar-refractivity contribution >= 4 is 54.8 Å². The molecular weight excluding hydrogens is 588 g/mol. The van der Waals surface area contributed by atoms with Crippen LogP contribution in [0.2, 0.25) is 0 Å². The molecule has 0 aliphatic carbocycles. The average molecular weight is 615 g/mol. The van der Waals surface area contributed by atoms with Crippen molar-refractivity contribution in [1.82, 2.24) is 9.97 Å². The highest BCUT2D eigenvalue weighted by atomic mass is 16.3. The van der Waals surface area contributed by atoms with Crippen LogP contribution in [-0.4, -0.2) is 9.97 Å². The molecule has 0 aliphatic rings. The van der Waals surface area contributed by atoms with Gasteiger partial charge in [0.2, 0.25) is 0 Å². The van der Waals surface area contributed by atoms with E-state index in [1.165, 1.54) is 5.56 Å². The minimum Gasteiger partial charge on any atom is -0.455 e. The highest BCUT2D eigenvalue weighted by Gasteiger charge is 2.23. The minimum absolute atomic E-state index is 0.649. The predicted octanol–water partition coefficient (Wildman–Crippen LogP) is 12.1. The smallest absolute Gasteiger partial charge is 0.180 e. The SMILES string of the molecule is c1ccc(-c2ccc(-c3nc(-c4cc5c6cccc(-c7ccccc7)c6oc5c5ccccc45)c4oc5ccccc5c4n3)cc2)cc1. The highest BCUT2D eigenvalue weighted by Crippen LogP contribution is 2.44. The molecule has 0 unspecified atom stereocenters. The zero-order valence-corrected chi connectivity index (χ0v) is 25.7. The lowest BCUT2D eigenvalue weighted by molar-refractivity contribution is 0.667. The Labute approximate surface area is 275 Å². The zero-order valence-electron chi connectivity index (χ0n) is 25.7. The van der Waals surface area contributed by atoms with Gasteiger partial charge in [-0.1, -0.05) is 140 Å². The molecule has 0 bridgehead atoms. The van der Waals surface area contributed by atoms with E-state index in [1.807, 2.05) is 30.3 Å². The lowest BCUT2D eigenvalue weighted by Gasteiger charge is -2.10. The fourth-order valence-electron chi connectivity index (χ4n) is 7.01. The van der Waals surface area contributed by atoms with E-state index in [9.17, 15) is 0 Å². The van der Waals surface area contributed by atoms with Crippen molar-refractivity contribution in [3.63, 3.8) is 0 Å². The van der Waals surface area contributed by atoms with Crippen LogP contribution in [0.1, 0.15) is 0 Å². The van der Waals surface area contributed by atoms with Gasteiger partial charge in [-0.2, -0.15) is 0 Å². The third-order valence-corrected chi connectivity index (χ3v) is 9.31. The highest BCUT2D eigenvalue weighted by molar-refractivity contribution is 6.22. The van der Waals surface area contributed by atoms with E-state index in [2.05, 4.69) is 127 Å². The Hall–Kier alpha value is -6.52. The fraction of sp³-hybridized carbons (Fsp3) is 0. The molecule has 0 radical (unpaired) electrons. The molecule has 224 valence electrons. The topological polar surface area (TPSA) is 52.1 Å². The molecule has 48 heavy (non-hydrogen) atoms. The first-order chi connectivity index (χ1) is 23.8. The first-order valence-corrected chi connectivity index (χ1v) is 16.1. The molecule has 3 heterocycles. The van der Waals surface area contributed by atoms with Gasteiger partial charge in [-0.3, -0.25) is 0 Å². The van der Waals surface area contributed by atoms with Gasteiger partial charge in [0.15, 0.2) is 11.4 Å². The van der Waals surface area contributed by atoms with Crippen LogP contribution in [0.5, 0.6) is 0 Å². The quantitative estimate of drug-likeness (QED) is 0.198. The van der Waals surface area contributed by atoms with Gasteiger partial charge in [-0.05, 0) is 40.3 Å². The monoisotopic (exact) mass is 614 g/mol. The molecule has 7 aromatic carbocycles. The van der Waals surface area contributed by atoms with E-state index >= 15 is 0 Å². The van der Waals surface area contributed by atoms with E-state index < -0.39 is 0 Å². The molecule has 3 aromatic heterocycles. The zero-order chi connectivity index (χ0) is 31.6. The van der Waals surface area contributed by atoms with Gasteiger partial charge < -0.3 is 8.83 Å². The van der Waals surface area contributed by atoms with Crippen molar-refractivity contribution in [2.75, 3.05) is 0 Å². The molecule has 0 spiro atoms. The minimum atomic E-state index is 0.649. The third kappa shape index (κ3) is 4.10. The van der Waals surface area contributed by atoms with E-state index in [-0.39, 0.29) is 0 Å². The van der Waals surface area contributed by atoms with Crippen LogP contribution in [0.3, 0.4) is 0 Å². The van der Waals surface area contributed by atoms with Crippen molar-refractivity contribution in [2.45, 2.75) is 0 Å². The summed E-state index contributed by atoms with van der Waals surface area (Å²) in [5.74, 6) is 0.649. The molecule has 0 saturated carbocycles. The standard InChI is InChI=1S/C44H26N2O2/c1-3-12-27(13-4-1)28-22-24-30(25-23-28)44-45-39-35-18-9-10-21-38(35)47-43(39)40(46-44)36-26-37-34-20-11-19-31(29-14-5-2-6-15-29)41(34)48-42(37)33-17-8-7-16-32(33)36/h1-26H. The van der Waals surface area contributed by atoms with E-state index in [1.54, 1.807) is 0 Å². The number of hydrogen-bond donors (Lipinski definition) is 0.